The lowest BCUT2D eigenvalue weighted by atomic mass is 9.99. The van der Waals surface area contributed by atoms with Gasteiger partial charge in [-0.25, -0.2) is 0 Å². The molecule has 0 aromatic rings. The van der Waals surface area contributed by atoms with Gasteiger partial charge in [0.2, 0.25) is 0 Å². The SMILES string of the molecule is CCN(CC)C(C)N1CCC(C)CC1. The van der Waals surface area contributed by atoms with E-state index in [1.54, 1.807) is 0 Å². The van der Waals surface area contributed by atoms with Crippen LogP contribution in [0.3, 0.4) is 0 Å². The molecule has 0 aromatic heterocycles. The molecule has 1 heterocycles. The van der Waals surface area contributed by atoms with Crippen LogP contribution in [0.15, 0.2) is 0 Å². The lowest BCUT2D eigenvalue weighted by Crippen LogP contribution is -2.49. The number of hydrogen-bond acceptors (Lipinski definition) is 2. The fourth-order valence-corrected chi connectivity index (χ4v) is 2.39. The van der Waals surface area contributed by atoms with Crippen molar-refractivity contribution in [2.75, 3.05) is 26.2 Å². The number of piperidine rings is 1. The van der Waals surface area contributed by atoms with Crippen LogP contribution in [0.4, 0.5) is 0 Å². The van der Waals surface area contributed by atoms with Crippen LogP contribution in [-0.2, 0) is 0 Å². The minimum Gasteiger partial charge on any atom is -0.289 e. The topological polar surface area (TPSA) is 6.48 Å². The third-order valence-corrected chi connectivity index (χ3v) is 3.69. The molecule has 84 valence electrons. The van der Waals surface area contributed by atoms with E-state index >= 15 is 0 Å². The first-order valence-electron chi connectivity index (χ1n) is 6.17. The fourth-order valence-electron chi connectivity index (χ4n) is 2.39. The fraction of sp³-hybridized carbons (Fsp3) is 1.00. The number of hydrogen-bond donors (Lipinski definition) is 0. The highest BCUT2D eigenvalue weighted by atomic mass is 15.3. The van der Waals surface area contributed by atoms with Crippen LogP contribution in [0.2, 0.25) is 0 Å². The Kier molecular flexibility index (Phi) is 4.90. The van der Waals surface area contributed by atoms with Crippen molar-refractivity contribution in [3.8, 4) is 0 Å². The molecule has 0 bridgehead atoms. The number of rotatable bonds is 4. The van der Waals surface area contributed by atoms with E-state index in [1.165, 1.54) is 39.0 Å². The highest BCUT2D eigenvalue weighted by molar-refractivity contribution is 4.74. The average molecular weight is 198 g/mol. The highest BCUT2D eigenvalue weighted by Gasteiger charge is 2.22. The van der Waals surface area contributed by atoms with Crippen molar-refractivity contribution in [1.82, 2.24) is 9.80 Å². The molecular formula is C12H26N2. The molecular weight excluding hydrogens is 172 g/mol. The van der Waals surface area contributed by atoms with Crippen molar-refractivity contribution in [3.63, 3.8) is 0 Å². The first-order valence-corrected chi connectivity index (χ1v) is 6.17. The molecule has 1 rings (SSSR count). The van der Waals surface area contributed by atoms with Crippen LogP contribution in [-0.4, -0.2) is 42.1 Å². The van der Waals surface area contributed by atoms with Crippen molar-refractivity contribution in [1.29, 1.82) is 0 Å². The molecule has 1 unspecified atom stereocenters. The molecule has 14 heavy (non-hydrogen) atoms. The maximum atomic E-state index is 2.63. The molecule has 0 aliphatic carbocycles. The van der Waals surface area contributed by atoms with E-state index in [-0.39, 0.29) is 0 Å². The Balaban J connectivity index is 2.39. The number of likely N-dealkylation sites (tertiary alicyclic amines) is 1. The predicted molar refractivity (Wildman–Crippen MR) is 62.4 cm³/mol. The molecule has 1 aliphatic rings. The zero-order chi connectivity index (χ0) is 10.6. The van der Waals surface area contributed by atoms with Gasteiger partial charge >= 0.3 is 0 Å². The molecule has 0 saturated carbocycles. The second-order valence-electron chi connectivity index (χ2n) is 4.57. The first-order chi connectivity index (χ1) is 6.69. The van der Waals surface area contributed by atoms with Gasteiger partial charge in [0.15, 0.2) is 0 Å². The van der Waals surface area contributed by atoms with Gasteiger partial charge in [-0.1, -0.05) is 20.8 Å². The average Bonchev–Trinajstić information content (AvgIpc) is 2.20. The van der Waals surface area contributed by atoms with Crippen LogP contribution in [0.1, 0.15) is 40.5 Å². The van der Waals surface area contributed by atoms with E-state index in [0.29, 0.717) is 6.17 Å². The zero-order valence-electron chi connectivity index (χ0n) is 10.3. The molecule has 0 amide bonds. The normalized spacial score (nSPS) is 22.9. The largest absolute Gasteiger partial charge is 0.289 e. The summed E-state index contributed by atoms with van der Waals surface area (Å²) in [5.41, 5.74) is 0. The summed E-state index contributed by atoms with van der Waals surface area (Å²) >= 11 is 0. The third-order valence-electron chi connectivity index (χ3n) is 3.69. The number of nitrogens with zero attached hydrogens (tertiary/aromatic N) is 2. The van der Waals surface area contributed by atoms with E-state index in [0.717, 1.165) is 5.92 Å². The Labute approximate surface area is 89.3 Å². The molecule has 0 spiro atoms. The van der Waals surface area contributed by atoms with E-state index in [1.807, 2.05) is 0 Å². The highest BCUT2D eigenvalue weighted by Crippen LogP contribution is 2.19. The molecule has 1 fully saturated rings. The Morgan fingerprint density at radius 3 is 2.14 bits per heavy atom. The molecule has 1 saturated heterocycles. The summed E-state index contributed by atoms with van der Waals surface area (Å²) in [7, 11) is 0. The van der Waals surface area contributed by atoms with Gasteiger partial charge in [0.1, 0.15) is 0 Å². The van der Waals surface area contributed by atoms with Crippen LogP contribution in [0.5, 0.6) is 0 Å². The monoisotopic (exact) mass is 198 g/mol. The second-order valence-corrected chi connectivity index (χ2v) is 4.57. The van der Waals surface area contributed by atoms with Crippen LogP contribution in [0, 0.1) is 5.92 Å². The summed E-state index contributed by atoms with van der Waals surface area (Å²) < 4.78 is 0. The lowest BCUT2D eigenvalue weighted by molar-refractivity contribution is 0.0378. The lowest BCUT2D eigenvalue weighted by Gasteiger charge is -2.40. The Morgan fingerprint density at radius 2 is 1.71 bits per heavy atom. The van der Waals surface area contributed by atoms with Gasteiger partial charge in [0.25, 0.3) is 0 Å². The first kappa shape index (κ1) is 12.0. The Morgan fingerprint density at radius 1 is 1.21 bits per heavy atom. The molecule has 0 radical (unpaired) electrons. The summed E-state index contributed by atoms with van der Waals surface area (Å²) in [4.78, 5) is 5.17. The molecule has 2 nitrogen and oxygen atoms in total. The van der Waals surface area contributed by atoms with E-state index in [4.69, 9.17) is 0 Å². The zero-order valence-corrected chi connectivity index (χ0v) is 10.3. The summed E-state index contributed by atoms with van der Waals surface area (Å²) in [5, 5.41) is 0. The summed E-state index contributed by atoms with van der Waals surface area (Å²) in [5.74, 6) is 0.940. The van der Waals surface area contributed by atoms with Crippen LogP contribution >= 0.6 is 0 Å². The van der Waals surface area contributed by atoms with Crippen LogP contribution in [0.25, 0.3) is 0 Å². The van der Waals surface area contributed by atoms with Gasteiger partial charge in [-0.3, -0.25) is 9.80 Å². The Hall–Kier alpha value is -0.0800. The van der Waals surface area contributed by atoms with Gasteiger partial charge in [0.05, 0.1) is 6.17 Å². The third kappa shape index (κ3) is 2.96. The van der Waals surface area contributed by atoms with Gasteiger partial charge in [-0.15, -0.1) is 0 Å². The van der Waals surface area contributed by atoms with Gasteiger partial charge in [-0.05, 0) is 51.9 Å². The van der Waals surface area contributed by atoms with Gasteiger partial charge < -0.3 is 0 Å². The standard InChI is InChI=1S/C12H26N2/c1-5-13(6-2)12(4)14-9-7-11(3)8-10-14/h11-12H,5-10H2,1-4H3. The van der Waals surface area contributed by atoms with E-state index in [9.17, 15) is 0 Å². The second kappa shape index (κ2) is 5.72. The summed E-state index contributed by atoms with van der Waals surface area (Å²) in [6.45, 7) is 14.2. The van der Waals surface area contributed by atoms with Crippen molar-refractivity contribution >= 4 is 0 Å². The van der Waals surface area contributed by atoms with Gasteiger partial charge in [0, 0.05) is 0 Å². The molecule has 1 atom stereocenters. The smallest absolute Gasteiger partial charge is 0.0593 e. The minimum atomic E-state index is 0.637. The van der Waals surface area contributed by atoms with E-state index in [2.05, 4.69) is 37.5 Å². The van der Waals surface area contributed by atoms with Crippen LogP contribution < -0.4 is 0 Å². The van der Waals surface area contributed by atoms with Crippen molar-refractivity contribution in [2.45, 2.75) is 46.7 Å². The molecule has 0 aromatic carbocycles. The van der Waals surface area contributed by atoms with Crippen molar-refractivity contribution in [3.05, 3.63) is 0 Å². The molecule has 1 aliphatic heterocycles. The molecule has 2 heteroatoms. The van der Waals surface area contributed by atoms with Gasteiger partial charge in [-0.2, -0.15) is 0 Å². The maximum Gasteiger partial charge on any atom is 0.0593 e. The van der Waals surface area contributed by atoms with Crippen molar-refractivity contribution < 1.29 is 0 Å². The van der Waals surface area contributed by atoms with Crippen molar-refractivity contribution in [2.24, 2.45) is 5.92 Å². The van der Waals surface area contributed by atoms with E-state index < -0.39 is 0 Å². The summed E-state index contributed by atoms with van der Waals surface area (Å²) in [6.07, 6.45) is 3.40. The predicted octanol–water partition coefficient (Wildman–Crippen LogP) is 2.41. The summed E-state index contributed by atoms with van der Waals surface area (Å²) in [6, 6.07) is 0. The molecule has 0 N–H and O–H groups in total. The Bertz CT molecular complexity index is 146. The maximum absolute atomic E-state index is 2.63. The minimum absolute atomic E-state index is 0.637. The quantitative estimate of drug-likeness (QED) is 0.684.